The van der Waals surface area contributed by atoms with E-state index in [1.807, 2.05) is 37.3 Å². The monoisotopic (exact) mass is 401 g/mol. The zero-order valence-electron chi connectivity index (χ0n) is 18.1. The number of hydrogen-bond donors (Lipinski definition) is 2. The average molecular weight is 402 g/mol. The van der Waals surface area contributed by atoms with E-state index in [1.165, 1.54) is 16.6 Å². The van der Waals surface area contributed by atoms with E-state index in [2.05, 4.69) is 48.7 Å². The lowest BCUT2D eigenvalue weighted by Crippen LogP contribution is -2.40. The fourth-order valence-corrected chi connectivity index (χ4v) is 4.19. The minimum absolute atomic E-state index is 0.0353. The van der Waals surface area contributed by atoms with Crippen LogP contribution in [0.2, 0.25) is 0 Å². The highest BCUT2D eigenvalue weighted by Gasteiger charge is 2.23. The second kappa shape index (κ2) is 8.86. The topological polar surface area (TPSA) is 54.0 Å². The maximum absolute atomic E-state index is 12.5. The van der Waals surface area contributed by atoms with Crippen LogP contribution in [0.1, 0.15) is 67.1 Å². The Morgan fingerprint density at radius 3 is 2.33 bits per heavy atom. The summed E-state index contributed by atoms with van der Waals surface area (Å²) in [6.07, 6.45) is 4.09. The van der Waals surface area contributed by atoms with Crippen molar-refractivity contribution in [3.05, 3.63) is 71.4 Å². The minimum Gasteiger partial charge on any atom is -0.382 e. The highest BCUT2D eigenvalue weighted by atomic mass is 16.1. The van der Waals surface area contributed by atoms with Crippen molar-refractivity contribution in [2.24, 2.45) is 0 Å². The lowest BCUT2D eigenvalue weighted by molar-refractivity contribution is 0.0926. The van der Waals surface area contributed by atoms with E-state index in [0.29, 0.717) is 12.0 Å². The number of fused-ring (bicyclic) bond motifs is 1. The van der Waals surface area contributed by atoms with Gasteiger partial charge < -0.3 is 10.6 Å². The van der Waals surface area contributed by atoms with Gasteiger partial charge in [-0.1, -0.05) is 49.7 Å². The molecule has 4 rings (SSSR count). The third kappa shape index (κ3) is 4.64. The van der Waals surface area contributed by atoms with Crippen LogP contribution in [0.4, 0.5) is 5.69 Å². The Labute approximate surface area is 179 Å². The van der Waals surface area contributed by atoms with Crippen LogP contribution < -0.4 is 10.6 Å². The SMILES string of the molecule is Cc1ccc(C(=O)NC2CCC(Nc3cc(C(C)C)nc4ccccc34)CC2)cc1. The molecule has 2 aromatic carbocycles. The standard InChI is InChI=1S/C26H31N3O/c1-17(2)24-16-25(22-6-4-5-7-23(22)29-24)27-20-12-14-21(15-13-20)28-26(30)19-10-8-18(3)9-11-19/h4-11,16-17,20-21H,12-15H2,1-3H3,(H,27,29)(H,28,30). The Balaban J connectivity index is 1.39. The van der Waals surface area contributed by atoms with Crippen LogP contribution >= 0.6 is 0 Å². The first-order chi connectivity index (χ1) is 14.5. The number of anilines is 1. The van der Waals surface area contributed by atoms with E-state index in [-0.39, 0.29) is 11.9 Å². The Kier molecular flexibility index (Phi) is 6.03. The fraction of sp³-hybridized carbons (Fsp3) is 0.385. The lowest BCUT2D eigenvalue weighted by atomic mass is 9.90. The van der Waals surface area contributed by atoms with Crippen molar-refractivity contribution < 1.29 is 4.79 Å². The van der Waals surface area contributed by atoms with Gasteiger partial charge in [-0.3, -0.25) is 9.78 Å². The number of pyridine rings is 1. The molecule has 1 aromatic heterocycles. The third-order valence-corrected chi connectivity index (χ3v) is 6.06. The van der Waals surface area contributed by atoms with Crippen molar-refractivity contribution in [3.8, 4) is 0 Å². The van der Waals surface area contributed by atoms with Gasteiger partial charge in [0, 0.05) is 34.4 Å². The van der Waals surface area contributed by atoms with E-state index in [0.717, 1.165) is 42.5 Å². The Morgan fingerprint density at radius 2 is 1.63 bits per heavy atom. The van der Waals surface area contributed by atoms with Gasteiger partial charge in [0.25, 0.3) is 5.91 Å². The largest absolute Gasteiger partial charge is 0.382 e. The molecule has 1 fully saturated rings. The Hall–Kier alpha value is -2.88. The Morgan fingerprint density at radius 1 is 0.967 bits per heavy atom. The molecule has 1 aliphatic rings. The quantitative estimate of drug-likeness (QED) is 0.566. The number of benzene rings is 2. The van der Waals surface area contributed by atoms with Crippen molar-refractivity contribution in [1.29, 1.82) is 0 Å². The molecule has 0 spiro atoms. The molecular formula is C26H31N3O. The molecule has 0 radical (unpaired) electrons. The molecule has 30 heavy (non-hydrogen) atoms. The number of amides is 1. The van der Waals surface area contributed by atoms with E-state index in [1.54, 1.807) is 0 Å². The van der Waals surface area contributed by atoms with Crippen molar-refractivity contribution in [2.45, 2.75) is 64.5 Å². The number of rotatable bonds is 5. The molecule has 2 N–H and O–H groups in total. The second-order valence-electron chi connectivity index (χ2n) is 8.80. The van der Waals surface area contributed by atoms with E-state index >= 15 is 0 Å². The summed E-state index contributed by atoms with van der Waals surface area (Å²) in [5.41, 5.74) is 5.25. The Bertz CT molecular complexity index is 1020. The summed E-state index contributed by atoms with van der Waals surface area (Å²) in [6, 6.07) is 19.0. The van der Waals surface area contributed by atoms with Crippen molar-refractivity contribution in [2.75, 3.05) is 5.32 Å². The number of nitrogens with one attached hydrogen (secondary N) is 2. The summed E-state index contributed by atoms with van der Waals surface area (Å²) in [7, 11) is 0. The summed E-state index contributed by atoms with van der Waals surface area (Å²) >= 11 is 0. The van der Waals surface area contributed by atoms with Crippen LogP contribution in [-0.2, 0) is 0 Å². The van der Waals surface area contributed by atoms with E-state index in [4.69, 9.17) is 4.98 Å². The van der Waals surface area contributed by atoms with Gasteiger partial charge in [0.05, 0.1) is 5.52 Å². The van der Waals surface area contributed by atoms with Gasteiger partial charge in [-0.25, -0.2) is 0 Å². The first-order valence-corrected chi connectivity index (χ1v) is 11.0. The lowest BCUT2D eigenvalue weighted by Gasteiger charge is -2.31. The van der Waals surface area contributed by atoms with E-state index in [9.17, 15) is 4.79 Å². The first kappa shape index (κ1) is 20.4. The molecule has 0 bridgehead atoms. The number of aromatic nitrogens is 1. The van der Waals surface area contributed by atoms with Gasteiger partial charge >= 0.3 is 0 Å². The van der Waals surface area contributed by atoms with E-state index < -0.39 is 0 Å². The van der Waals surface area contributed by atoms with Crippen molar-refractivity contribution in [3.63, 3.8) is 0 Å². The van der Waals surface area contributed by atoms with Crippen LogP contribution in [0.25, 0.3) is 10.9 Å². The summed E-state index contributed by atoms with van der Waals surface area (Å²) in [4.78, 5) is 17.3. The molecule has 1 heterocycles. The molecule has 156 valence electrons. The summed E-state index contributed by atoms with van der Waals surface area (Å²) < 4.78 is 0. The van der Waals surface area contributed by atoms with Gasteiger partial charge in [0.15, 0.2) is 0 Å². The molecular weight excluding hydrogens is 370 g/mol. The third-order valence-electron chi connectivity index (χ3n) is 6.06. The number of aryl methyl sites for hydroxylation is 1. The normalized spacial score (nSPS) is 19.1. The van der Waals surface area contributed by atoms with Crippen LogP contribution in [0, 0.1) is 6.92 Å². The molecule has 4 heteroatoms. The average Bonchev–Trinajstić information content (AvgIpc) is 2.75. The van der Waals surface area contributed by atoms with Crippen molar-refractivity contribution >= 4 is 22.5 Å². The van der Waals surface area contributed by atoms with Crippen molar-refractivity contribution in [1.82, 2.24) is 10.3 Å². The summed E-state index contributed by atoms with van der Waals surface area (Å²) in [5.74, 6) is 0.427. The number of carbonyl (C=O) groups excluding carboxylic acids is 1. The predicted molar refractivity (Wildman–Crippen MR) is 124 cm³/mol. The minimum atomic E-state index is 0.0353. The maximum atomic E-state index is 12.5. The highest BCUT2D eigenvalue weighted by molar-refractivity contribution is 5.94. The van der Waals surface area contributed by atoms with Crippen LogP contribution in [0.3, 0.4) is 0 Å². The molecule has 0 unspecified atom stereocenters. The van der Waals surface area contributed by atoms with Gasteiger partial charge in [0.1, 0.15) is 0 Å². The van der Waals surface area contributed by atoms with Crippen LogP contribution in [0.15, 0.2) is 54.6 Å². The van der Waals surface area contributed by atoms with Crippen LogP contribution in [-0.4, -0.2) is 23.0 Å². The molecule has 1 saturated carbocycles. The number of carbonyl (C=O) groups is 1. The molecule has 3 aromatic rings. The number of nitrogens with zero attached hydrogens (tertiary/aromatic N) is 1. The number of para-hydroxylation sites is 1. The summed E-state index contributed by atoms with van der Waals surface area (Å²) in [5, 5.41) is 8.17. The highest BCUT2D eigenvalue weighted by Crippen LogP contribution is 2.29. The summed E-state index contributed by atoms with van der Waals surface area (Å²) in [6.45, 7) is 6.40. The zero-order valence-corrected chi connectivity index (χ0v) is 18.1. The maximum Gasteiger partial charge on any atom is 0.251 e. The molecule has 1 amide bonds. The fourth-order valence-electron chi connectivity index (χ4n) is 4.19. The number of hydrogen-bond acceptors (Lipinski definition) is 3. The predicted octanol–water partition coefficient (Wildman–Crippen LogP) is 5.82. The smallest absolute Gasteiger partial charge is 0.251 e. The van der Waals surface area contributed by atoms with Crippen LogP contribution in [0.5, 0.6) is 0 Å². The van der Waals surface area contributed by atoms with Gasteiger partial charge in [0.2, 0.25) is 0 Å². The molecule has 0 saturated heterocycles. The van der Waals surface area contributed by atoms with Gasteiger partial charge in [-0.05, 0) is 62.8 Å². The molecule has 0 atom stereocenters. The van der Waals surface area contributed by atoms with Gasteiger partial charge in [-0.15, -0.1) is 0 Å². The molecule has 4 nitrogen and oxygen atoms in total. The molecule has 0 aliphatic heterocycles. The van der Waals surface area contributed by atoms with Gasteiger partial charge in [-0.2, -0.15) is 0 Å². The first-order valence-electron chi connectivity index (χ1n) is 11.0. The second-order valence-corrected chi connectivity index (χ2v) is 8.80. The zero-order chi connectivity index (χ0) is 21.1. The molecule has 1 aliphatic carbocycles.